The van der Waals surface area contributed by atoms with Gasteiger partial charge in [0, 0.05) is 38.2 Å². The maximum Gasteiger partial charge on any atom is 0.433 e. The molecular formula is C26H28F3N7O4. The first kappa shape index (κ1) is 28.7. The second-order valence-electron chi connectivity index (χ2n) is 8.96. The standard InChI is InChI=1S/C26H28F3N7O4/c1-4-10-35-22-20(24(38)36(11-5-2)25(35)39)32-21(33-22)16-7-9-19(31-14-16)34(12-13-40-3)23(37)17-6-8-18(30-15-17)26(27,28)29/h6-9,14-15H,4-5,10-13H2,1-3H3,(H,32,33). The van der Waals surface area contributed by atoms with Gasteiger partial charge in [-0.2, -0.15) is 13.2 Å². The number of halogens is 3. The van der Waals surface area contributed by atoms with Crippen LogP contribution in [0.15, 0.2) is 46.2 Å². The van der Waals surface area contributed by atoms with Gasteiger partial charge in [0.25, 0.3) is 11.5 Å². The van der Waals surface area contributed by atoms with Crippen LogP contribution < -0.4 is 16.1 Å². The molecule has 4 rings (SSSR count). The van der Waals surface area contributed by atoms with Crippen LogP contribution in [0.3, 0.4) is 0 Å². The monoisotopic (exact) mass is 559 g/mol. The van der Waals surface area contributed by atoms with E-state index in [0.717, 1.165) is 18.3 Å². The summed E-state index contributed by atoms with van der Waals surface area (Å²) in [7, 11) is 1.45. The number of hydrogen-bond acceptors (Lipinski definition) is 7. The minimum absolute atomic E-state index is 0.0514. The van der Waals surface area contributed by atoms with Gasteiger partial charge in [-0.15, -0.1) is 0 Å². The second-order valence-corrected chi connectivity index (χ2v) is 8.96. The van der Waals surface area contributed by atoms with E-state index in [4.69, 9.17) is 4.74 Å². The lowest BCUT2D eigenvalue weighted by molar-refractivity contribution is -0.141. The highest BCUT2D eigenvalue weighted by molar-refractivity contribution is 6.05. The van der Waals surface area contributed by atoms with E-state index in [1.54, 1.807) is 12.1 Å². The Bertz CT molecular complexity index is 1610. The molecule has 1 amide bonds. The van der Waals surface area contributed by atoms with Crippen molar-refractivity contribution >= 4 is 22.9 Å². The van der Waals surface area contributed by atoms with Crippen molar-refractivity contribution in [2.75, 3.05) is 25.2 Å². The molecule has 0 saturated carbocycles. The van der Waals surface area contributed by atoms with Crippen LogP contribution in [0, 0.1) is 0 Å². The second kappa shape index (κ2) is 11.8. The number of ether oxygens (including phenoxy) is 1. The van der Waals surface area contributed by atoms with Crippen molar-refractivity contribution in [2.24, 2.45) is 0 Å². The van der Waals surface area contributed by atoms with Gasteiger partial charge in [0.2, 0.25) is 0 Å². The number of carbonyl (C=O) groups is 1. The summed E-state index contributed by atoms with van der Waals surface area (Å²) in [5, 5.41) is 0. The third kappa shape index (κ3) is 5.66. The van der Waals surface area contributed by atoms with Crippen molar-refractivity contribution in [3.05, 3.63) is 68.8 Å². The number of carbonyl (C=O) groups excluding carboxylic acids is 1. The van der Waals surface area contributed by atoms with E-state index in [0.29, 0.717) is 30.8 Å². The Labute approximate surface area is 226 Å². The van der Waals surface area contributed by atoms with Crippen LogP contribution in [0.1, 0.15) is 42.7 Å². The summed E-state index contributed by atoms with van der Waals surface area (Å²) in [6.07, 6.45) is -1.04. The zero-order valence-corrected chi connectivity index (χ0v) is 22.2. The molecule has 1 N–H and O–H groups in total. The molecule has 212 valence electrons. The van der Waals surface area contributed by atoms with E-state index < -0.39 is 29.0 Å². The minimum Gasteiger partial charge on any atom is -0.383 e. The number of anilines is 1. The Kier molecular flexibility index (Phi) is 8.47. The number of fused-ring (bicyclic) bond motifs is 1. The van der Waals surface area contributed by atoms with Crippen molar-refractivity contribution in [3.63, 3.8) is 0 Å². The molecule has 4 aromatic rings. The van der Waals surface area contributed by atoms with E-state index in [2.05, 4.69) is 19.9 Å². The molecule has 0 fully saturated rings. The average molecular weight is 560 g/mol. The van der Waals surface area contributed by atoms with Gasteiger partial charge in [0.05, 0.1) is 18.7 Å². The summed E-state index contributed by atoms with van der Waals surface area (Å²) in [5.41, 5.74) is -1.09. The Morgan fingerprint density at radius 3 is 2.33 bits per heavy atom. The number of pyridine rings is 2. The van der Waals surface area contributed by atoms with Crippen molar-refractivity contribution in [2.45, 2.75) is 46.0 Å². The van der Waals surface area contributed by atoms with Crippen LogP contribution in [0.5, 0.6) is 0 Å². The lowest BCUT2D eigenvalue weighted by Crippen LogP contribution is -2.40. The number of aromatic nitrogens is 6. The number of imidazole rings is 1. The Hall–Kier alpha value is -4.33. The average Bonchev–Trinajstić information content (AvgIpc) is 3.39. The molecule has 4 aromatic heterocycles. The third-order valence-electron chi connectivity index (χ3n) is 6.12. The molecule has 40 heavy (non-hydrogen) atoms. The molecule has 0 aliphatic heterocycles. The molecule has 0 spiro atoms. The number of alkyl halides is 3. The smallest absolute Gasteiger partial charge is 0.383 e. The molecule has 0 radical (unpaired) electrons. The summed E-state index contributed by atoms with van der Waals surface area (Å²) >= 11 is 0. The predicted molar refractivity (Wildman–Crippen MR) is 141 cm³/mol. The van der Waals surface area contributed by atoms with Gasteiger partial charge in [0.15, 0.2) is 5.65 Å². The van der Waals surface area contributed by atoms with E-state index in [1.807, 2.05) is 13.8 Å². The first-order chi connectivity index (χ1) is 19.1. The van der Waals surface area contributed by atoms with Crippen LogP contribution in [-0.2, 0) is 24.0 Å². The molecular weight excluding hydrogens is 531 g/mol. The van der Waals surface area contributed by atoms with Gasteiger partial charge in [-0.1, -0.05) is 13.8 Å². The van der Waals surface area contributed by atoms with E-state index in [1.165, 1.54) is 27.3 Å². The fourth-order valence-corrected chi connectivity index (χ4v) is 4.18. The molecule has 0 bridgehead atoms. The molecule has 4 heterocycles. The Balaban J connectivity index is 1.69. The molecule has 0 saturated heterocycles. The summed E-state index contributed by atoms with van der Waals surface area (Å²) in [6, 6.07) is 4.97. The van der Waals surface area contributed by atoms with Crippen molar-refractivity contribution in [1.82, 2.24) is 29.1 Å². The SMILES string of the molecule is CCCn1c(=O)c2[nH]c(-c3ccc(N(CCOC)C(=O)c4ccc(C(F)(F)F)nc4)nc3)nc2n(CCC)c1=O. The minimum atomic E-state index is -4.63. The van der Waals surface area contributed by atoms with E-state index in [9.17, 15) is 27.6 Å². The summed E-state index contributed by atoms with van der Waals surface area (Å²) < 4.78 is 46.4. The molecule has 11 nitrogen and oxygen atoms in total. The van der Waals surface area contributed by atoms with Crippen LogP contribution >= 0.6 is 0 Å². The molecule has 0 unspecified atom stereocenters. The van der Waals surface area contributed by atoms with Gasteiger partial charge in [-0.05, 0) is 37.1 Å². The normalized spacial score (nSPS) is 11.8. The van der Waals surface area contributed by atoms with Gasteiger partial charge >= 0.3 is 11.9 Å². The number of rotatable bonds is 10. The largest absolute Gasteiger partial charge is 0.433 e. The summed E-state index contributed by atoms with van der Waals surface area (Å²) in [6.45, 7) is 4.68. The first-order valence-electron chi connectivity index (χ1n) is 12.6. The van der Waals surface area contributed by atoms with Crippen LogP contribution in [0.25, 0.3) is 22.6 Å². The summed E-state index contributed by atoms with van der Waals surface area (Å²) in [5.74, 6) is -0.0799. The van der Waals surface area contributed by atoms with E-state index in [-0.39, 0.29) is 42.2 Å². The highest BCUT2D eigenvalue weighted by atomic mass is 19.4. The molecule has 14 heteroatoms. The number of methoxy groups -OCH3 is 1. The molecule has 0 aliphatic carbocycles. The Morgan fingerprint density at radius 1 is 1.02 bits per heavy atom. The highest BCUT2D eigenvalue weighted by Gasteiger charge is 2.32. The van der Waals surface area contributed by atoms with E-state index >= 15 is 0 Å². The fraction of sp³-hybridized carbons (Fsp3) is 0.385. The topological polar surface area (TPSA) is 128 Å². The predicted octanol–water partition coefficient (Wildman–Crippen LogP) is 3.48. The van der Waals surface area contributed by atoms with Crippen molar-refractivity contribution < 1.29 is 22.7 Å². The van der Waals surface area contributed by atoms with Crippen molar-refractivity contribution in [3.8, 4) is 11.4 Å². The lowest BCUT2D eigenvalue weighted by atomic mass is 10.2. The quantitative estimate of drug-likeness (QED) is 0.315. The first-order valence-corrected chi connectivity index (χ1v) is 12.6. The number of nitrogens with zero attached hydrogens (tertiary/aromatic N) is 6. The van der Waals surface area contributed by atoms with Gasteiger partial charge in [-0.25, -0.2) is 14.8 Å². The molecule has 0 atom stereocenters. The zero-order valence-electron chi connectivity index (χ0n) is 22.2. The number of nitrogens with one attached hydrogen (secondary N) is 1. The molecule has 0 aromatic carbocycles. The van der Waals surface area contributed by atoms with Gasteiger partial charge in [0.1, 0.15) is 22.9 Å². The van der Waals surface area contributed by atoms with Crippen LogP contribution in [-0.4, -0.2) is 55.2 Å². The van der Waals surface area contributed by atoms with Crippen LogP contribution in [0.2, 0.25) is 0 Å². The molecule has 0 aliphatic rings. The fourth-order valence-electron chi connectivity index (χ4n) is 4.18. The zero-order chi connectivity index (χ0) is 29.0. The number of aryl methyl sites for hydroxylation is 1. The Morgan fingerprint density at radius 2 is 1.75 bits per heavy atom. The van der Waals surface area contributed by atoms with Gasteiger partial charge in [-0.3, -0.25) is 28.6 Å². The summed E-state index contributed by atoms with van der Waals surface area (Å²) in [4.78, 5) is 55.6. The lowest BCUT2D eigenvalue weighted by Gasteiger charge is -2.21. The maximum atomic E-state index is 13.2. The van der Waals surface area contributed by atoms with Crippen LogP contribution in [0.4, 0.5) is 19.0 Å². The maximum absolute atomic E-state index is 13.2. The number of hydrogen-bond donors (Lipinski definition) is 1. The number of aromatic amines is 1. The van der Waals surface area contributed by atoms with Gasteiger partial charge < -0.3 is 9.72 Å². The number of amides is 1. The van der Waals surface area contributed by atoms with Crippen molar-refractivity contribution in [1.29, 1.82) is 0 Å². The highest BCUT2D eigenvalue weighted by Crippen LogP contribution is 2.28. The third-order valence-corrected chi connectivity index (χ3v) is 6.12. The number of H-pyrrole nitrogens is 1.